The van der Waals surface area contributed by atoms with E-state index in [-0.39, 0.29) is 0 Å². The lowest BCUT2D eigenvalue weighted by Gasteiger charge is -2.41. The van der Waals surface area contributed by atoms with Crippen LogP contribution >= 0.6 is 0 Å². The van der Waals surface area contributed by atoms with Gasteiger partial charge in [0.1, 0.15) is 0 Å². The second-order valence-electron chi connectivity index (χ2n) is 5.40. The zero-order valence-corrected chi connectivity index (χ0v) is 10.6. The van der Waals surface area contributed by atoms with Gasteiger partial charge in [-0.05, 0) is 31.7 Å². The summed E-state index contributed by atoms with van der Waals surface area (Å²) in [4.78, 5) is 2.64. The van der Waals surface area contributed by atoms with Crippen LogP contribution in [0.15, 0.2) is 0 Å². The average molecular weight is 226 g/mol. The second-order valence-corrected chi connectivity index (χ2v) is 5.40. The zero-order chi connectivity index (χ0) is 11.4. The van der Waals surface area contributed by atoms with Crippen molar-refractivity contribution >= 4 is 0 Å². The number of likely N-dealkylation sites (N-methyl/N-ethyl adjacent to an activating group) is 1. The molecule has 2 N–H and O–H groups in total. The highest BCUT2D eigenvalue weighted by atomic mass is 16.5. The van der Waals surface area contributed by atoms with Gasteiger partial charge in [-0.3, -0.25) is 4.90 Å². The largest absolute Gasteiger partial charge is 0.381 e. The van der Waals surface area contributed by atoms with Crippen LogP contribution in [-0.4, -0.2) is 43.3 Å². The quantitative estimate of drug-likeness (QED) is 0.774. The summed E-state index contributed by atoms with van der Waals surface area (Å²) in [5.74, 6) is 0.740. The molecule has 94 valence electrons. The van der Waals surface area contributed by atoms with E-state index in [1.54, 1.807) is 0 Å². The molecule has 1 heterocycles. The molecule has 1 aliphatic carbocycles. The van der Waals surface area contributed by atoms with Gasteiger partial charge >= 0.3 is 0 Å². The zero-order valence-electron chi connectivity index (χ0n) is 10.6. The van der Waals surface area contributed by atoms with Gasteiger partial charge in [0.2, 0.25) is 0 Å². The van der Waals surface area contributed by atoms with Crippen molar-refractivity contribution in [1.82, 2.24) is 4.90 Å². The fraction of sp³-hybridized carbons (Fsp3) is 1.00. The van der Waals surface area contributed by atoms with Crippen LogP contribution < -0.4 is 5.73 Å². The van der Waals surface area contributed by atoms with Crippen molar-refractivity contribution in [2.75, 3.05) is 32.8 Å². The standard InChI is InChI=1S/C13H26N2O/c1-2-15(9-12-5-8-16-10-12)13(11-14)6-3-4-7-13/h12H,2-11,14H2,1H3. The summed E-state index contributed by atoms with van der Waals surface area (Å²) in [7, 11) is 0. The van der Waals surface area contributed by atoms with Crippen LogP contribution in [0.4, 0.5) is 0 Å². The van der Waals surface area contributed by atoms with Crippen molar-refractivity contribution in [2.24, 2.45) is 11.7 Å². The SMILES string of the molecule is CCN(CC1CCOC1)C1(CN)CCCC1. The van der Waals surface area contributed by atoms with E-state index in [1.165, 1.54) is 38.6 Å². The Morgan fingerprint density at radius 2 is 2.12 bits per heavy atom. The van der Waals surface area contributed by atoms with Crippen molar-refractivity contribution in [3.05, 3.63) is 0 Å². The van der Waals surface area contributed by atoms with Crippen LogP contribution in [0.1, 0.15) is 39.0 Å². The minimum absolute atomic E-state index is 0.317. The average Bonchev–Trinajstić information content (AvgIpc) is 2.97. The predicted octanol–water partition coefficient (Wildman–Crippen LogP) is 1.62. The first kappa shape index (κ1) is 12.3. The first-order valence-electron chi connectivity index (χ1n) is 6.83. The first-order chi connectivity index (χ1) is 7.80. The van der Waals surface area contributed by atoms with Crippen molar-refractivity contribution in [3.63, 3.8) is 0 Å². The fourth-order valence-electron chi connectivity index (χ4n) is 3.38. The van der Waals surface area contributed by atoms with E-state index in [0.29, 0.717) is 5.54 Å². The Morgan fingerprint density at radius 1 is 1.38 bits per heavy atom. The van der Waals surface area contributed by atoms with Crippen LogP contribution in [0, 0.1) is 5.92 Å². The summed E-state index contributed by atoms with van der Waals surface area (Å²) < 4.78 is 5.47. The number of hydrogen-bond donors (Lipinski definition) is 1. The van der Waals surface area contributed by atoms with Gasteiger partial charge in [0, 0.05) is 25.2 Å². The van der Waals surface area contributed by atoms with E-state index >= 15 is 0 Å². The molecule has 1 unspecified atom stereocenters. The Balaban J connectivity index is 1.96. The third kappa shape index (κ3) is 2.41. The van der Waals surface area contributed by atoms with E-state index < -0.39 is 0 Å². The van der Waals surface area contributed by atoms with Crippen molar-refractivity contribution in [1.29, 1.82) is 0 Å². The summed E-state index contributed by atoms with van der Waals surface area (Å²) in [6, 6.07) is 0. The highest BCUT2D eigenvalue weighted by molar-refractivity contribution is 4.96. The van der Waals surface area contributed by atoms with Crippen LogP contribution in [0.3, 0.4) is 0 Å². The highest BCUT2D eigenvalue weighted by Gasteiger charge is 2.38. The lowest BCUT2D eigenvalue weighted by Crippen LogP contribution is -2.53. The lowest BCUT2D eigenvalue weighted by atomic mass is 9.93. The molecule has 0 radical (unpaired) electrons. The molecule has 0 bridgehead atoms. The van der Waals surface area contributed by atoms with Crippen LogP contribution in [0.2, 0.25) is 0 Å². The predicted molar refractivity (Wildman–Crippen MR) is 66.4 cm³/mol. The van der Waals surface area contributed by atoms with Gasteiger partial charge in [0.15, 0.2) is 0 Å². The Bertz CT molecular complexity index is 208. The molecule has 3 nitrogen and oxygen atoms in total. The third-order valence-electron chi connectivity index (χ3n) is 4.47. The molecule has 2 aliphatic rings. The Kier molecular flexibility index (Phi) is 4.22. The minimum atomic E-state index is 0.317. The Labute approximate surface area is 99.3 Å². The van der Waals surface area contributed by atoms with Gasteiger partial charge < -0.3 is 10.5 Å². The van der Waals surface area contributed by atoms with E-state index in [0.717, 1.165) is 32.2 Å². The maximum Gasteiger partial charge on any atom is 0.0507 e. The fourth-order valence-corrected chi connectivity index (χ4v) is 3.38. The third-order valence-corrected chi connectivity index (χ3v) is 4.47. The van der Waals surface area contributed by atoms with Crippen molar-refractivity contribution in [2.45, 2.75) is 44.6 Å². The van der Waals surface area contributed by atoms with Gasteiger partial charge in [-0.25, -0.2) is 0 Å². The molecule has 0 spiro atoms. The molecule has 0 amide bonds. The highest BCUT2D eigenvalue weighted by Crippen LogP contribution is 2.35. The molecule has 0 aromatic heterocycles. The molecule has 3 heteroatoms. The topological polar surface area (TPSA) is 38.5 Å². The molecule has 1 aliphatic heterocycles. The second kappa shape index (κ2) is 5.48. The van der Waals surface area contributed by atoms with E-state index in [9.17, 15) is 0 Å². The summed E-state index contributed by atoms with van der Waals surface area (Å²) in [6.45, 7) is 7.33. The number of nitrogens with zero attached hydrogens (tertiary/aromatic N) is 1. The molecular formula is C13H26N2O. The summed E-state index contributed by atoms with van der Waals surface area (Å²) >= 11 is 0. The van der Waals surface area contributed by atoms with E-state index in [4.69, 9.17) is 10.5 Å². The number of hydrogen-bond acceptors (Lipinski definition) is 3. The van der Waals surface area contributed by atoms with E-state index in [1.807, 2.05) is 0 Å². The Hall–Kier alpha value is -0.120. The van der Waals surface area contributed by atoms with Crippen molar-refractivity contribution in [3.8, 4) is 0 Å². The molecule has 16 heavy (non-hydrogen) atoms. The number of nitrogens with two attached hydrogens (primary N) is 1. The van der Waals surface area contributed by atoms with Crippen LogP contribution in [0.25, 0.3) is 0 Å². The minimum Gasteiger partial charge on any atom is -0.381 e. The summed E-state index contributed by atoms with van der Waals surface area (Å²) in [5.41, 5.74) is 6.36. The molecule has 1 saturated carbocycles. The number of rotatable bonds is 5. The van der Waals surface area contributed by atoms with Crippen LogP contribution in [-0.2, 0) is 4.74 Å². The molecule has 0 aromatic carbocycles. The van der Waals surface area contributed by atoms with Gasteiger partial charge in [-0.1, -0.05) is 19.8 Å². The lowest BCUT2D eigenvalue weighted by molar-refractivity contribution is 0.0805. The maximum atomic E-state index is 6.05. The van der Waals surface area contributed by atoms with Gasteiger partial charge in [-0.15, -0.1) is 0 Å². The van der Waals surface area contributed by atoms with E-state index in [2.05, 4.69) is 11.8 Å². The molecule has 2 fully saturated rings. The first-order valence-corrected chi connectivity index (χ1v) is 6.83. The Morgan fingerprint density at radius 3 is 2.62 bits per heavy atom. The normalized spacial score (nSPS) is 29.1. The summed E-state index contributed by atoms with van der Waals surface area (Å²) in [6.07, 6.45) is 6.54. The molecule has 2 rings (SSSR count). The van der Waals surface area contributed by atoms with Gasteiger partial charge in [0.25, 0.3) is 0 Å². The molecule has 1 atom stereocenters. The smallest absolute Gasteiger partial charge is 0.0507 e. The molecular weight excluding hydrogens is 200 g/mol. The van der Waals surface area contributed by atoms with Gasteiger partial charge in [0.05, 0.1) is 6.61 Å². The van der Waals surface area contributed by atoms with Crippen molar-refractivity contribution < 1.29 is 4.74 Å². The molecule has 1 saturated heterocycles. The monoisotopic (exact) mass is 226 g/mol. The van der Waals surface area contributed by atoms with Crippen LogP contribution in [0.5, 0.6) is 0 Å². The maximum absolute atomic E-state index is 6.05. The van der Waals surface area contributed by atoms with Gasteiger partial charge in [-0.2, -0.15) is 0 Å². The number of ether oxygens (including phenoxy) is 1. The summed E-state index contributed by atoms with van der Waals surface area (Å²) in [5, 5.41) is 0. The molecule has 0 aromatic rings.